The number of hydrogen-bond donors (Lipinski definition) is 2. The topological polar surface area (TPSA) is 104 Å². The van der Waals surface area contributed by atoms with Gasteiger partial charge in [-0.3, -0.25) is 9.78 Å². The Morgan fingerprint density at radius 3 is 2.66 bits per heavy atom. The molecule has 0 radical (unpaired) electrons. The summed E-state index contributed by atoms with van der Waals surface area (Å²) < 4.78 is 5.91. The van der Waals surface area contributed by atoms with E-state index in [4.69, 9.17) is 15.0 Å². The van der Waals surface area contributed by atoms with E-state index in [1.807, 2.05) is 18.2 Å². The van der Waals surface area contributed by atoms with Crippen LogP contribution in [0.2, 0.25) is 0 Å². The van der Waals surface area contributed by atoms with Crippen LogP contribution in [0, 0.1) is 16.7 Å². The number of nitrogens with zero attached hydrogens (tertiary/aromatic N) is 3. The molecular weight excluding hydrogens is 402 g/mol. The van der Waals surface area contributed by atoms with Crippen LogP contribution in [-0.2, 0) is 4.74 Å². The maximum Gasteiger partial charge on any atom is 0.291 e. The average Bonchev–Trinajstić information content (AvgIpc) is 3.23. The maximum atomic E-state index is 12.8. The van der Waals surface area contributed by atoms with E-state index in [2.05, 4.69) is 49.1 Å². The van der Waals surface area contributed by atoms with Crippen molar-refractivity contribution in [3.05, 3.63) is 47.3 Å². The molecule has 0 aromatic carbocycles. The SMILES string of the molecule is C[C@@H]1CC(c2ccc(NC(=O)c3ncc(C#N)[nH]3)c(C3=CCC(C)(C)CC3)n2)C[C@H](C)O1. The summed E-state index contributed by atoms with van der Waals surface area (Å²) in [5.74, 6) is 0.0657. The second-order valence-corrected chi connectivity index (χ2v) is 9.87. The van der Waals surface area contributed by atoms with Crippen molar-refractivity contribution in [3.63, 3.8) is 0 Å². The van der Waals surface area contributed by atoms with Crippen molar-refractivity contribution in [2.24, 2.45) is 5.41 Å². The van der Waals surface area contributed by atoms with Crippen LogP contribution in [0.3, 0.4) is 0 Å². The third kappa shape index (κ3) is 4.91. The molecule has 1 aliphatic carbocycles. The summed E-state index contributed by atoms with van der Waals surface area (Å²) in [6.07, 6.45) is 8.90. The second-order valence-electron chi connectivity index (χ2n) is 9.87. The predicted molar refractivity (Wildman–Crippen MR) is 123 cm³/mol. The molecule has 2 aromatic rings. The van der Waals surface area contributed by atoms with E-state index in [9.17, 15) is 4.79 Å². The van der Waals surface area contributed by atoms with Gasteiger partial charge in [0.15, 0.2) is 5.82 Å². The second kappa shape index (κ2) is 8.87. The van der Waals surface area contributed by atoms with Gasteiger partial charge in [0.05, 0.1) is 29.8 Å². The number of hydrogen-bond acceptors (Lipinski definition) is 5. The Hall–Kier alpha value is -2.98. The smallest absolute Gasteiger partial charge is 0.291 e. The van der Waals surface area contributed by atoms with Crippen LogP contribution in [0.5, 0.6) is 0 Å². The fraction of sp³-hybridized carbons (Fsp3) is 0.520. The van der Waals surface area contributed by atoms with Crippen molar-refractivity contribution >= 4 is 17.2 Å². The fourth-order valence-electron chi connectivity index (χ4n) is 4.66. The van der Waals surface area contributed by atoms with Crippen LogP contribution < -0.4 is 5.32 Å². The van der Waals surface area contributed by atoms with E-state index in [1.165, 1.54) is 11.8 Å². The van der Waals surface area contributed by atoms with Gasteiger partial charge in [-0.2, -0.15) is 5.26 Å². The first-order valence-corrected chi connectivity index (χ1v) is 11.4. The lowest BCUT2D eigenvalue weighted by molar-refractivity contribution is -0.0385. The van der Waals surface area contributed by atoms with Gasteiger partial charge in [-0.25, -0.2) is 4.98 Å². The maximum absolute atomic E-state index is 12.8. The number of rotatable bonds is 4. The van der Waals surface area contributed by atoms with E-state index in [1.54, 1.807) is 0 Å². The van der Waals surface area contributed by atoms with Crippen LogP contribution in [0.25, 0.3) is 5.57 Å². The van der Waals surface area contributed by atoms with Crippen molar-refractivity contribution in [2.75, 3.05) is 5.32 Å². The largest absolute Gasteiger partial charge is 0.376 e. The van der Waals surface area contributed by atoms with Gasteiger partial charge >= 0.3 is 0 Å². The minimum atomic E-state index is -0.382. The van der Waals surface area contributed by atoms with E-state index in [0.717, 1.165) is 43.5 Å². The molecule has 3 heterocycles. The summed E-state index contributed by atoms with van der Waals surface area (Å²) in [6, 6.07) is 5.93. The van der Waals surface area contributed by atoms with E-state index in [0.29, 0.717) is 11.6 Å². The first-order chi connectivity index (χ1) is 15.2. The lowest BCUT2D eigenvalue weighted by atomic mass is 9.77. The van der Waals surface area contributed by atoms with Crippen LogP contribution in [0.4, 0.5) is 5.69 Å². The minimum Gasteiger partial charge on any atom is -0.376 e. The molecule has 168 valence electrons. The van der Waals surface area contributed by atoms with Crippen molar-refractivity contribution in [3.8, 4) is 6.07 Å². The minimum absolute atomic E-state index is 0.113. The lowest BCUT2D eigenvalue weighted by Crippen LogP contribution is -2.28. The third-order valence-electron chi connectivity index (χ3n) is 6.47. The first kappa shape index (κ1) is 22.2. The van der Waals surface area contributed by atoms with Crippen LogP contribution in [0.15, 0.2) is 24.4 Å². The number of carbonyl (C=O) groups is 1. The predicted octanol–water partition coefficient (Wildman–Crippen LogP) is 5.19. The van der Waals surface area contributed by atoms with E-state index < -0.39 is 0 Å². The number of aromatic nitrogens is 3. The van der Waals surface area contributed by atoms with Crippen LogP contribution in [0.1, 0.15) is 93.4 Å². The van der Waals surface area contributed by atoms with Gasteiger partial charge in [0.1, 0.15) is 11.8 Å². The third-order valence-corrected chi connectivity index (χ3v) is 6.47. The quantitative estimate of drug-likeness (QED) is 0.690. The zero-order valence-corrected chi connectivity index (χ0v) is 19.2. The highest BCUT2D eigenvalue weighted by molar-refractivity contribution is 6.03. The summed E-state index contributed by atoms with van der Waals surface area (Å²) in [4.78, 5) is 24.6. The molecule has 1 aliphatic heterocycles. The number of ether oxygens (including phenoxy) is 1. The molecule has 3 atom stereocenters. The summed E-state index contributed by atoms with van der Waals surface area (Å²) >= 11 is 0. The monoisotopic (exact) mass is 433 g/mol. The summed E-state index contributed by atoms with van der Waals surface area (Å²) in [7, 11) is 0. The molecule has 7 heteroatoms. The number of allylic oxidation sites excluding steroid dienone is 2. The highest BCUT2D eigenvalue weighted by atomic mass is 16.5. The zero-order chi connectivity index (χ0) is 22.9. The highest BCUT2D eigenvalue weighted by Crippen LogP contribution is 2.40. The number of carbonyl (C=O) groups excluding carboxylic acids is 1. The zero-order valence-electron chi connectivity index (χ0n) is 19.2. The molecule has 1 fully saturated rings. The van der Waals surface area contributed by atoms with Crippen molar-refractivity contribution in [1.82, 2.24) is 15.0 Å². The van der Waals surface area contributed by atoms with Gasteiger partial charge in [0.2, 0.25) is 0 Å². The van der Waals surface area contributed by atoms with Crippen molar-refractivity contribution in [2.45, 2.75) is 77.9 Å². The number of H-pyrrole nitrogens is 1. The van der Waals surface area contributed by atoms with Crippen LogP contribution >= 0.6 is 0 Å². The Balaban J connectivity index is 1.66. The first-order valence-electron chi connectivity index (χ1n) is 11.4. The molecular formula is C25H31N5O2. The molecule has 1 unspecified atom stereocenters. The van der Waals surface area contributed by atoms with Crippen LogP contribution in [-0.4, -0.2) is 33.1 Å². The molecule has 2 aliphatic rings. The van der Waals surface area contributed by atoms with Crippen molar-refractivity contribution < 1.29 is 9.53 Å². The van der Waals surface area contributed by atoms with Crippen molar-refractivity contribution in [1.29, 1.82) is 5.26 Å². The Kier molecular flexibility index (Phi) is 6.16. The number of imidazole rings is 1. The Morgan fingerprint density at radius 2 is 2.03 bits per heavy atom. The van der Waals surface area contributed by atoms with Gasteiger partial charge in [-0.05, 0) is 69.1 Å². The van der Waals surface area contributed by atoms with Gasteiger partial charge in [-0.1, -0.05) is 19.9 Å². The molecule has 32 heavy (non-hydrogen) atoms. The normalized spacial score (nSPS) is 25.0. The Bertz CT molecular complexity index is 1070. The van der Waals surface area contributed by atoms with Gasteiger partial charge in [0, 0.05) is 11.6 Å². The number of nitrogens with one attached hydrogen (secondary N) is 2. The number of amides is 1. The summed E-state index contributed by atoms with van der Waals surface area (Å²) in [5, 5.41) is 12.0. The molecule has 0 saturated carbocycles. The molecule has 2 aromatic heterocycles. The molecule has 0 spiro atoms. The fourth-order valence-corrected chi connectivity index (χ4v) is 4.66. The molecule has 4 rings (SSSR count). The lowest BCUT2D eigenvalue weighted by Gasteiger charge is -2.32. The van der Waals surface area contributed by atoms with Gasteiger partial charge in [0.25, 0.3) is 5.91 Å². The number of aromatic amines is 1. The molecule has 1 amide bonds. The molecule has 2 N–H and O–H groups in total. The standard InChI is InChI=1S/C25H31N5O2/c1-15-11-18(12-16(2)32-15)20-5-6-21(30-24(31)23-27-14-19(13-26)28-23)22(29-20)17-7-9-25(3,4)10-8-17/h5-7,14-16,18H,8-12H2,1-4H3,(H,27,28)(H,30,31)/t15-,16+,18?. The molecule has 7 nitrogen and oxygen atoms in total. The Labute approximate surface area is 189 Å². The Morgan fingerprint density at radius 1 is 1.28 bits per heavy atom. The molecule has 1 saturated heterocycles. The summed E-state index contributed by atoms with van der Waals surface area (Å²) in [6.45, 7) is 8.79. The number of nitriles is 1. The van der Waals surface area contributed by atoms with Gasteiger partial charge < -0.3 is 15.0 Å². The van der Waals surface area contributed by atoms with Gasteiger partial charge in [-0.15, -0.1) is 0 Å². The summed E-state index contributed by atoms with van der Waals surface area (Å²) in [5.41, 5.74) is 4.27. The van der Waals surface area contributed by atoms with E-state index in [-0.39, 0.29) is 35.0 Å². The number of anilines is 1. The van der Waals surface area contributed by atoms with E-state index >= 15 is 0 Å². The highest BCUT2D eigenvalue weighted by Gasteiger charge is 2.29. The average molecular weight is 434 g/mol. The molecule has 0 bridgehead atoms. The number of pyridine rings is 1.